The number of rotatable bonds is 6. The van der Waals surface area contributed by atoms with Crippen LogP contribution in [0.1, 0.15) is 54.9 Å². The van der Waals surface area contributed by atoms with Gasteiger partial charge in [0, 0.05) is 37.4 Å². The summed E-state index contributed by atoms with van der Waals surface area (Å²) in [5, 5.41) is 0. The highest BCUT2D eigenvalue weighted by Crippen LogP contribution is 2.42. The van der Waals surface area contributed by atoms with E-state index < -0.39 is 0 Å². The molecule has 0 aliphatic carbocycles. The number of hydrogen-bond donors (Lipinski definition) is 0. The summed E-state index contributed by atoms with van der Waals surface area (Å²) >= 11 is 0. The van der Waals surface area contributed by atoms with Crippen LogP contribution >= 0.6 is 0 Å². The number of carbonyl (C=O) groups is 1. The second-order valence-corrected chi connectivity index (χ2v) is 8.85. The predicted octanol–water partition coefficient (Wildman–Crippen LogP) is 4.99. The summed E-state index contributed by atoms with van der Waals surface area (Å²) in [4.78, 5) is 18.0. The van der Waals surface area contributed by atoms with Crippen LogP contribution in [0.3, 0.4) is 0 Å². The Morgan fingerprint density at radius 2 is 1.84 bits per heavy atom. The van der Waals surface area contributed by atoms with E-state index in [-0.39, 0.29) is 11.7 Å². The molecular formula is C27H32N2O2. The minimum Gasteiger partial charge on any atom is -0.490 e. The molecule has 0 bridgehead atoms. The van der Waals surface area contributed by atoms with Gasteiger partial charge in [-0.1, -0.05) is 18.2 Å². The molecule has 3 aliphatic rings. The number of hydrogen-bond acceptors (Lipinski definition) is 4. The Morgan fingerprint density at radius 1 is 1.13 bits per heavy atom. The zero-order valence-electron chi connectivity index (χ0n) is 18.7. The topological polar surface area (TPSA) is 32.8 Å². The highest BCUT2D eigenvalue weighted by atomic mass is 16.5. The van der Waals surface area contributed by atoms with Crippen molar-refractivity contribution in [2.24, 2.45) is 0 Å². The molecule has 4 nitrogen and oxygen atoms in total. The largest absolute Gasteiger partial charge is 0.490 e. The molecule has 162 valence electrons. The van der Waals surface area contributed by atoms with E-state index in [1.807, 2.05) is 18.2 Å². The van der Waals surface area contributed by atoms with Crippen LogP contribution in [-0.2, 0) is 17.6 Å². The summed E-state index contributed by atoms with van der Waals surface area (Å²) in [5.41, 5.74) is 7.66. The number of fused-ring (bicyclic) bond motifs is 1. The quantitative estimate of drug-likeness (QED) is 0.621. The Morgan fingerprint density at radius 3 is 2.52 bits per heavy atom. The van der Waals surface area contributed by atoms with E-state index in [1.54, 1.807) is 6.08 Å². The average Bonchev–Trinajstić information content (AvgIpc) is 3.24. The van der Waals surface area contributed by atoms with Gasteiger partial charge >= 0.3 is 0 Å². The molecule has 1 unspecified atom stereocenters. The fraction of sp³-hybridized carbons (Fsp3) is 0.444. The lowest BCUT2D eigenvalue weighted by atomic mass is 9.89. The molecule has 2 aromatic rings. The van der Waals surface area contributed by atoms with Crippen molar-refractivity contribution < 1.29 is 9.53 Å². The van der Waals surface area contributed by atoms with Crippen LogP contribution in [-0.4, -0.2) is 38.6 Å². The number of anilines is 2. The van der Waals surface area contributed by atoms with Gasteiger partial charge in [0.2, 0.25) is 0 Å². The smallest absolute Gasteiger partial charge is 0.166 e. The normalized spacial score (nSPS) is 19.2. The highest BCUT2D eigenvalue weighted by molar-refractivity contribution is 6.00. The number of ketones is 1. The number of allylic oxidation sites excluding steroid dienone is 1. The summed E-state index contributed by atoms with van der Waals surface area (Å²) in [6.07, 6.45) is 8.52. The number of nitrogens with zero attached hydrogens (tertiary/aromatic N) is 2. The molecule has 0 N–H and O–H groups in total. The molecule has 0 spiro atoms. The van der Waals surface area contributed by atoms with Gasteiger partial charge in [0.15, 0.2) is 5.78 Å². The number of ether oxygens (including phenoxy) is 1. The fourth-order valence-electron chi connectivity index (χ4n) is 5.50. The molecule has 31 heavy (non-hydrogen) atoms. The first-order chi connectivity index (χ1) is 15.2. The molecule has 5 rings (SSSR count). The van der Waals surface area contributed by atoms with Gasteiger partial charge in [0.1, 0.15) is 12.4 Å². The molecular weight excluding hydrogens is 384 g/mol. The minimum atomic E-state index is -0.215. The Bertz CT molecular complexity index is 991. The summed E-state index contributed by atoms with van der Waals surface area (Å²) in [5.74, 6) is 0.799. The number of para-hydroxylation sites is 1. The van der Waals surface area contributed by atoms with Gasteiger partial charge in [0.25, 0.3) is 0 Å². The molecule has 4 heteroatoms. The van der Waals surface area contributed by atoms with E-state index in [1.165, 1.54) is 42.7 Å². The second kappa shape index (κ2) is 8.41. The lowest BCUT2D eigenvalue weighted by Crippen LogP contribution is -2.34. The van der Waals surface area contributed by atoms with E-state index in [2.05, 4.69) is 41.8 Å². The van der Waals surface area contributed by atoms with Gasteiger partial charge in [-0.3, -0.25) is 4.79 Å². The van der Waals surface area contributed by atoms with Crippen molar-refractivity contribution in [3.8, 4) is 5.75 Å². The van der Waals surface area contributed by atoms with Crippen molar-refractivity contribution in [2.75, 3.05) is 42.6 Å². The van der Waals surface area contributed by atoms with E-state index in [0.717, 1.165) is 48.5 Å². The maximum absolute atomic E-state index is 13.1. The van der Waals surface area contributed by atoms with Gasteiger partial charge in [-0.25, -0.2) is 0 Å². The first-order valence-corrected chi connectivity index (χ1v) is 11.8. The summed E-state index contributed by atoms with van der Waals surface area (Å²) < 4.78 is 6.03. The van der Waals surface area contributed by atoms with Crippen molar-refractivity contribution in [2.45, 2.75) is 45.4 Å². The van der Waals surface area contributed by atoms with E-state index in [9.17, 15) is 4.79 Å². The number of benzene rings is 2. The number of aryl methyl sites for hydroxylation is 2. The van der Waals surface area contributed by atoms with Crippen LogP contribution in [0.4, 0.5) is 11.4 Å². The highest BCUT2D eigenvalue weighted by Gasteiger charge is 2.31. The Kier molecular flexibility index (Phi) is 5.47. The standard InChI is InChI=1S/C27H32N2O2/c1-3-28(4-2)24-11-5-10-22-23(18-31-27(22)24)25(30)13-12-19-16-20-8-6-14-29-15-7-9-21(17-19)26(20)29/h5,10-13,16-17,23H,3-4,6-9,14-15,18H2,1-2H3. The predicted molar refractivity (Wildman–Crippen MR) is 128 cm³/mol. The third kappa shape index (κ3) is 3.62. The van der Waals surface area contributed by atoms with E-state index >= 15 is 0 Å². The lowest BCUT2D eigenvalue weighted by Gasteiger charge is -2.37. The van der Waals surface area contributed by atoms with Crippen molar-refractivity contribution in [3.63, 3.8) is 0 Å². The molecule has 0 radical (unpaired) electrons. The zero-order valence-corrected chi connectivity index (χ0v) is 18.7. The minimum absolute atomic E-state index is 0.128. The monoisotopic (exact) mass is 416 g/mol. The van der Waals surface area contributed by atoms with Crippen LogP contribution in [0, 0.1) is 0 Å². The van der Waals surface area contributed by atoms with Gasteiger partial charge in [-0.15, -0.1) is 0 Å². The molecule has 0 saturated heterocycles. The van der Waals surface area contributed by atoms with Crippen molar-refractivity contribution in [3.05, 3.63) is 58.7 Å². The second-order valence-electron chi connectivity index (χ2n) is 8.85. The fourth-order valence-corrected chi connectivity index (χ4v) is 5.50. The van der Waals surface area contributed by atoms with E-state index in [0.29, 0.717) is 6.61 Å². The molecule has 0 fully saturated rings. The molecule has 3 heterocycles. The first-order valence-electron chi connectivity index (χ1n) is 11.8. The van der Waals surface area contributed by atoms with Gasteiger partial charge in [-0.05, 0) is 80.5 Å². The molecule has 3 aliphatic heterocycles. The molecule has 2 aromatic carbocycles. The lowest BCUT2D eigenvalue weighted by molar-refractivity contribution is -0.116. The SMILES string of the molecule is CCN(CC)c1cccc2c1OCC2C(=O)C=Cc1cc2c3c(c1)CCCN3CCC2. The van der Waals surface area contributed by atoms with E-state index in [4.69, 9.17) is 4.74 Å². The van der Waals surface area contributed by atoms with Gasteiger partial charge in [0.05, 0.1) is 11.6 Å². The van der Waals surface area contributed by atoms with Crippen LogP contribution in [0.2, 0.25) is 0 Å². The molecule has 0 saturated carbocycles. The zero-order chi connectivity index (χ0) is 21.4. The first kappa shape index (κ1) is 20.2. The third-order valence-corrected chi connectivity index (χ3v) is 7.04. The molecule has 0 aromatic heterocycles. The van der Waals surface area contributed by atoms with Crippen molar-refractivity contribution >= 4 is 23.2 Å². The summed E-state index contributed by atoms with van der Waals surface area (Å²) in [6.45, 7) is 8.94. The van der Waals surface area contributed by atoms with Crippen molar-refractivity contribution in [1.82, 2.24) is 0 Å². The van der Waals surface area contributed by atoms with Crippen LogP contribution < -0.4 is 14.5 Å². The molecule has 0 amide bonds. The Labute approximate surface area is 185 Å². The maximum Gasteiger partial charge on any atom is 0.166 e. The number of carbonyl (C=O) groups excluding carboxylic acids is 1. The average molecular weight is 417 g/mol. The Balaban J connectivity index is 1.39. The van der Waals surface area contributed by atoms with Crippen molar-refractivity contribution in [1.29, 1.82) is 0 Å². The van der Waals surface area contributed by atoms with Crippen LogP contribution in [0.15, 0.2) is 36.4 Å². The third-order valence-electron chi connectivity index (χ3n) is 7.04. The van der Waals surface area contributed by atoms with Crippen LogP contribution in [0.5, 0.6) is 5.75 Å². The molecule has 1 atom stereocenters. The van der Waals surface area contributed by atoms with Gasteiger partial charge in [-0.2, -0.15) is 0 Å². The summed E-state index contributed by atoms with van der Waals surface area (Å²) in [6, 6.07) is 10.8. The Hall–Kier alpha value is -2.75. The van der Waals surface area contributed by atoms with Gasteiger partial charge < -0.3 is 14.5 Å². The summed E-state index contributed by atoms with van der Waals surface area (Å²) in [7, 11) is 0. The van der Waals surface area contributed by atoms with Crippen LogP contribution in [0.25, 0.3) is 6.08 Å². The maximum atomic E-state index is 13.1.